The summed E-state index contributed by atoms with van der Waals surface area (Å²) in [6, 6.07) is 9.20. The molecule has 6 heteroatoms. The molecule has 19 heavy (non-hydrogen) atoms. The van der Waals surface area contributed by atoms with Crippen LogP contribution in [0.2, 0.25) is 0 Å². The van der Waals surface area contributed by atoms with Gasteiger partial charge < -0.3 is 10.5 Å². The summed E-state index contributed by atoms with van der Waals surface area (Å²) < 4.78 is 18.5. The van der Waals surface area contributed by atoms with Gasteiger partial charge in [-0.1, -0.05) is 22.0 Å². The zero-order valence-electron chi connectivity index (χ0n) is 10.1. The van der Waals surface area contributed by atoms with Crippen LogP contribution in [-0.2, 0) is 10.8 Å². The van der Waals surface area contributed by atoms with Gasteiger partial charge in [0.2, 0.25) is 0 Å². The average Bonchev–Trinajstić information content (AvgIpc) is 2.39. The number of pyridine rings is 1. The van der Waals surface area contributed by atoms with Crippen molar-refractivity contribution in [1.29, 1.82) is 0 Å². The molecule has 0 spiro atoms. The standard InChI is InChI=1S/C13H13BrN2O2S/c14-10-2-1-3-11(8-10)18-6-7-19(17)13-4-5-16-9-12(13)15/h1-5,8-9H,6-7,15H2. The molecule has 100 valence electrons. The molecule has 0 aliphatic heterocycles. The predicted octanol–water partition coefficient (Wildman–Crippen LogP) is 2.61. The Morgan fingerprint density at radius 2 is 2.21 bits per heavy atom. The summed E-state index contributed by atoms with van der Waals surface area (Å²) in [4.78, 5) is 4.47. The Morgan fingerprint density at radius 1 is 1.37 bits per heavy atom. The zero-order valence-corrected chi connectivity index (χ0v) is 12.5. The molecule has 0 aliphatic rings. The number of halogens is 1. The van der Waals surface area contributed by atoms with Gasteiger partial charge >= 0.3 is 0 Å². The van der Waals surface area contributed by atoms with E-state index < -0.39 is 10.8 Å². The molecule has 1 unspecified atom stereocenters. The lowest BCUT2D eigenvalue weighted by Gasteiger charge is -2.07. The summed E-state index contributed by atoms with van der Waals surface area (Å²) in [7, 11) is -1.18. The van der Waals surface area contributed by atoms with Gasteiger partial charge in [-0.3, -0.25) is 9.19 Å². The number of benzene rings is 1. The summed E-state index contributed by atoms with van der Waals surface area (Å²) in [5.41, 5.74) is 6.17. The fraction of sp³-hybridized carbons (Fsp3) is 0.154. The molecular formula is C13H13BrN2O2S. The first kappa shape index (κ1) is 14.0. The number of hydrogen-bond acceptors (Lipinski definition) is 4. The Morgan fingerprint density at radius 3 is 2.95 bits per heavy atom. The van der Waals surface area contributed by atoms with E-state index in [1.165, 1.54) is 6.20 Å². The third kappa shape index (κ3) is 4.04. The van der Waals surface area contributed by atoms with Crippen LogP contribution in [0.5, 0.6) is 5.75 Å². The molecule has 1 aromatic carbocycles. The van der Waals surface area contributed by atoms with Gasteiger partial charge in [0, 0.05) is 10.7 Å². The molecule has 1 atom stereocenters. The van der Waals surface area contributed by atoms with Gasteiger partial charge in [-0.25, -0.2) is 0 Å². The van der Waals surface area contributed by atoms with E-state index in [2.05, 4.69) is 20.9 Å². The lowest BCUT2D eigenvalue weighted by Crippen LogP contribution is -2.10. The maximum Gasteiger partial charge on any atom is 0.120 e. The molecule has 4 nitrogen and oxygen atoms in total. The van der Waals surface area contributed by atoms with Crippen molar-refractivity contribution in [2.45, 2.75) is 4.90 Å². The maximum atomic E-state index is 12.0. The number of nitrogen functional groups attached to an aromatic ring is 1. The minimum absolute atomic E-state index is 0.366. The Hall–Kier alpha value is -1.40. The first-order valence-corrected chi connectivity index (χ1v) is 7.74. The van der Waals surface area contributed by atoms with Gasteiger partial charge in [-0.2, -0.15) is 0 Å². The molecule has 2 rings (SSSR count). The number of rotatable bonds is 5. The van der Waals surface area contributed by atoms with Crippen LogP contribution in [0.1, 0.15) is 0 Å². The molecule has 0 saturated heterocycles. The molecule has 0 radical (unpaired) electrons. The smallest absolute Gasteiger partial charge is 0.120 e. The normalized spacial score (nSPS) is 12.1. The molecule has 2 N–H and O–H groups in total. The predicted molar refractivity (Wildman–Crippen MR) is 79.6 cm³/mol. The number of nitrogens with two attached hydrogens (primary N) is 1. The minimum Gasteiger partial charge on any atom is -0.493 e. The average molecular weight is 341 g/mol. The summed E-state index contributed by atoms with van der Waals surface area (Å²) in [5, 5.41) is 0. The molecule has 2 aromatic rings. The van der Waals surface area contributed by atoms with Crippen LogP contribution in [0.4, 0.5) is 5.69 Å². The van der Waals surface area contributed by atoms with Crippen molar-refractivity contribution in [3.8, 4) is 5.75 Å². The van der Waals surface area contributed by atoms with Crippen LogP contribution in [0.15, 0.2) is 52.1 Å². The van der Waals surface area contributed by atoms with Crippen LogP contribution in [-0.4, -0.2) is 21.6 Å². The van der Waals surface area contributed by atoms with Crippen molar-refractivity contribution in [2.75, 3.05) is 18.1 Å². The Bertz CT molecular complexity index is 592. The van der Waals surface area contributed by atoms with Crippen LogP contribution >= 0.6 is 15.9 Å². The van der Waals surface area contributed by atoms with Gasteiger partial charge in [0.15, 0.2) is 0 Å². The van der Waals surface area contributed by atoms with E-state index in [4.69, 9.17) is 10.5 Å². The fourth-order valence-corrected chi connectivity index (χ4v) is 2.86. The summed E-state index contributed by atoms with van der Waals surface area (Å²) in [6.07, 6.45) is 3.08. The van der Waals surface area contributed by atoms with Crippen LogP contribution in [0.25, 0.3) is 0 Å². The number of anilines is 1. The highest BCUT2D eigenvalue weighted by Gasteiger charge is 2.07. The number of ether oxygens (including phenoxy) is 1. The van der Waals surface area contributed by atoms with Crippen molar-refractivity contribution < 1.29 is 8.95 Å². The van der Waals surface area contributed by atoms with E-state index in [0.717, 1.165) is 10.2 Å². The summed E-state index contributed by atoms with van der Waals surface area (Å²) >= 11 is 3.37. The highest BCUT2D eigenvalue weighted by atomic mass is 79.9. The van der Waals surface area contributed by atoms with E-state index in [9.17, 15) is 4.21 Å². The van der Waals surface area contributed by atoms with Crippen molar-refractivity contribution in [2.24, 2.45) is 0 Å². The van der Waals surface area contributed by atoms with E-state index >= 15 is 0 Å². The Labute approximate surface area is 122 Å². The largest absolute Gasteiger partial charge is 0.493 e. The zero-order chi connectivity index (χ0) is 13.7. The molecule has 0 bridgehead atoms. The van der Waals surface area contributed by atoms with Crippen molar-refractivity contribution in [3.05, 3.63) is 47.2 Å². The van der Waals surface area contributed by atoms with E-state index in [-0.39, 0.29) is 0 Å². The highest BCUT2D eigenvalue weighted by molar-refractivity contribution is 9.10. The van der Waals surface area contributed by atoms with Gasteiger partial charge in [0.25, 0.3) is 0 Å². The van der Waals surface area contributed by atoms with Gasteiger partial charge in [0.05, 0.1) is 33.3 Å². The first-order valence-electron chi connectivity index (χ1n) is 5.63. The minimum atomic E-state index is -1.18. The lowest BCUT2D eigenvalue weighted by molar-refractivity contribution is 0.342. The third-order valence-corrected chi connectivity index (χ3v) is 4.28. The molecule has 0 saturated carbocycles. The summed E-state index contributed by atoms with van der Waals surface area (Å²) in [5.74, 6) is 1.13. The summed E-state index contributed by atoms with van der Waals surface area (Å²) in [6.45, 7) is 0.366. The second-order valence-corrected chi connectivity index (χ2v) is 6.22. The van der Waals surface area contributed by atoms with Crippen LogP contribution in [0, 0.1) is 0 Å². The van der Waals surface area contributed by atoms with E-state index in [1.54, 1.807) is 12.3 Å². The van der Waals surface area contributed by atoms with Gasteiger partial charge in [0.1, 0.15) is 12.4 Å². The van der Waals surface area contributed by atoms with Crippen molar-refractivity contribution in [1.82, 2.24) is 4.98 Å². The second kappa shape index (κ2) is 6.68. The fourth-order valence-electron chi connectivity index (χ4n) is 1.50. The monoisotopic (exact) mass is 340 g/mol. The third-order valence-electron chi connectivity index (χ3n) is 2.39. The van der Waals surface area contributed by atoms with Crippen LogP contribution in [0.3, 0.4) is 0 Å². The molecule has 0 amide bonds. The lowest BCUT2D eigenvalue weighted by atomic mass is 10.3. The van der Waals surface area contributed by atoms with E-state index in [0.29, 0.717) is 22.9 Å². The maximum absolute atomic E-state index is 12.0. The molecule has 1 aromatic heterocycles. The Balaban J connectivity index is 1.90. The Kier molecular flexibility index (Phi) is 4.93. The van der Waals surface area contributed by atoms with E-state index in [1.807, 2.05) is 24.3 Å². The van der Waals surface area contributed by atoms with Crippen LogP contribution < -0.4 is 10.5 Å². The number of hydrogen-bond donors (Lipinski definition) is 1. The number of aromatic nitrogens is 1. The number of nitrogens with zero attached hydrogens (tertiary/aromatic N) is 1. The topological polar surface area (TPSA) is 65.2 Å². The second-order valence-electron chi connectivity index (χ2n) is 3.77. The van der Waals surface area contributed by atoms with Gasteiger partial charge in [-0.15, -0.1) is 0 Å². The van der Waals surface area contributed by atoms with Gasteiger partial charge in [-0.05, 0) is 24.3 Å². The van der Waals surface area contributed by atoms with Crippen molar-refractivity contribution >= 4 is 32.4 Å². The molecule has 0 aliphatic carbocycles. The first-order chi connectivity index (χ1) is 9.16. The SMILES string of the molecule is Nc1cnccc1S(=O)CCOc1cccc(Br)c1. The van der Waals surface area contributed by atoms with Crippen molar-refractivity contribution in [3.63, 3.8) is 0 Å². The quantitative estimate of drug-likeness (QED) is 0.908. The molecule has 0 fully saturated rings. The highest BCUT2D eigenvalue weighted by Crippen LogP contribution is 2.18. The molecule has 1 heterocycles. The molecular weight excluding hydrogens is 328 g/mol.